The number of hydrogen-bond donors (Lipinski definition) is 1. The summed E-state index contributed by atoms with van der Waals surface area (Å²) >= 11 is 0. The molecular formula is C16H31NO. The first kappa shape index (κ1) is 14.3. The van der Waals surface area contributed by atoms with Crippen LogP contribution in [0.15, 0.2) is 0 Å². The fourth-order valence-corrected chi connectivity index (χ4v) is 3.83. The van der Waals surface area contributed by atoms with Gasteiger partial charge in [0.1, 0.15) is 0 Å². The maximum absolute atomic E-state index is 5.66. The third-order valence-electron chi connectivity index (χ3n) is 5.18. The second kappa shape index (κ2) is 6.91. The Morgan fingerprint density at radius 3 is 2.39 bits per heavy atom. The zero-order chi connectivity index (χ0) is 13.0. The lowest BCUT2D eigenvalue weighted by atomic mass is 9.72. The molecule has 2 rings (SSSR count). The molecule has 0 saturated heterocycles. The van der Waals surface area contributed by atoms with Crippen LogP contribution in [-0.2, 0) is 4.74 Å². The molecule has 2 aliphatic rings. The highest BCUT2D eigenvalue weighted by molar-refractivity contribution is 4.87. The average molecular weight is 253 g/mol. The van der Waals surface area contributed by atoms with E-state index in [2.05, 4.69) is 26.2 Å². The van der Waals surface area contributed by atoms with Gasteiger partial charge in [-0.1, -0.05) is 19.8 Å². The summed E-state index contributed by atoms with van der Waals surface area (Å²) in [6.45, 7) is 5.39. The molecule has 106 valence electrons. The van der Waals surface area contributed by atoms with Crippen LogP contribution < -0.4 is 5.32 Å². The van der Waals surface area contributed by atoms with E-state index in [0.717, 1.165) is 30.4 Å². The van der Waals surface area contributed by atoms with E-state index in [9.17, 15) is 0 Å². The summed E-state index contributed by atoms with van der Waals surface area (Å²) in [5.74, 6) is 2.81. The molecule has 18 heavy (non-hydrogen) atoms. The molecule has 2 nitrogen and oxygen atoms in total. The second-order valence-electron chi connectivity index (χ2n) is 6.57. The van der Waals surface area contributed by atoms with Gasteiger partial charge in [-0.2, -0.15) is 0 Å². The van der Waals surface area contributed by atoms with Crippen molar-refractivity contribution in [1.82, 2.24) is 5.32 Å². The van der Waals surface area contributed by atoms with Crippen LogP contribution in [0.25, 0.3) is 0 Å². The van der Waals surface area contributed by atoms with Gasteiger partial charge in [0.05, 0.1) is 6.10 Å². The van der Waals surface area contributed by atoms with Crippen molar-refractivity contribution in [3.63, 3.8) is 0 Å². The average Bonchev–Trinajstić information content (AvgIpc) is 2.33. The van der Waals surface area contributed by atoms with E-state index in [1.807, 2.05) is 0 Å². The third kappa shape index (κ3) is 3.71. The van der Waals surface area contributed by atoms with Gasteiger partial charge in [-0.25, -0.2) is 0 Å². The van der Waals surface area contributed by atoms with Crippen LogP contribution >= 0.6 is 0 Å². The quantitative estimate of drug-likeness (QED) is 0.781. The molecule has 1 atom stereocenters. The Morgan fingerprint density at radius 2 is 1.83 bits per heavy atom. The van der Waals surface area contributed by atoms with E-state index in [-0.39, 0.29) is 0 Å². The minimum atomic E-state index is 0.573. The number of ether oxygens (including phenoxy) is 1. The van der Waals surface area contributed by atoms with Crippen molar-refractivity contribution in [3.8, 4) is 0 Å². The van der Waals surface area contributed by atoms with Crippen molar-refractivity contribution < 1.29 is 4.74 Å². The van der Waals surface area contributed by atoms with Gasteiger partial charge in [-0.15, -0.1) is 0 Å². The molecule has 0 aromatic carbocycles. The standard InChI is InChI=1S/C16H31NO/c1-4-18-15-9-13(10-15)11-16(17-3)14-7-5-12(2)6-8-14/h12-17H,4-11H2,1-3H3. The highest BCUT2D eigenvalue weighted by Crippen LogP contribution is 2.38. The smallest absolute Gasteiger partial charge is 0.0580 e. The van der Waals surface area contributed by atoms with Crippen molar-refractivity contribution in [1.29, 1.82) is 0 Å². The van der Waals surface area contributed by atoms with Crippen LogP contribution in [0, 0.1) is 17.8 Å². The number of hydrogen-bond acceptors (Lipinski definition) is 2. The lowest BCUT2D eigenvalue weighted by Gasteiger charge is -2.40. The molecular weight excluding hydrogens is 222 g/mol. The van der Waals surface area contributed by atoms with E-state index in [0.29, 0.717) is 6.10 Å². The molecule has 2 saturated carbocycles. The molecule has 0 aromatic rings. The molecule has 0 aliphatic heterocycles. The van der Waals surface area contributed by atoms with Crippen LogP contribution in [0.2, 0.25) is 0 Å². The molecule has 0 heterocycles. The van der Waals surface area contributed by atoms with Crippen molar-refractivity contribution in [2.24, 2.45) is 17.8 Å². The van der Waals surface area contributed by atoms with Gasteiger partial charge in [0, 0.05) is 12.6 Å². The minimum Gasteiger partial charge on any atom is -0.378 e. The predicted molar refractivity (Wildman–Crippen MR) is 76.7 cm³/mol. The zero-order valence-corrected chi connectivity index (χ0v) is 12.5. The Morgan fingerprint density at radius 1 is 1.17 bits per heavy atom. The van der Waals surface area contributed by atoms with E-state index in [1.165, 1.54) is 44.9 Å². The fourth-order valence-electron chi connectivity index (χ4n) is 3.83. The molecule has 0 bridgehead atoms. The fraction of sp³-hybridized carbons (Fsp3) is 1.00. The van der Waals surface area contributed by atoms with Crippen molar-refractivity contribution in [2.45, 2.75) is 70.9 Å². The molecule has 1 unspecified atom stereocenters. The molecule has 2 heteroatoms. The van der Waals surface area contributed by atoms with Gasteiger partial charge in [-0.3, -0.25) is 0 Å². The Balaban J connectivity index is 1.70. The summed E-state index contributed by atoms with van der Waals surface area (Å²) in [4.78, 5) is 0. The number of nitrogens with one attached hydrogen (secondary N) is 1. The predicted octanol–water partition coefficient (Wildman–Crippen LogP) is 3.61. The van der Waals surface area contributed by atoms with E-state index < -0.39 is 0 Å². The van der Waals surface area contributed by atoms with Crippen molar-refractivity contribution in [2.75, 3.05) is 13.7 Å². The minimum absolute atomic E-state index is 0.573. The summed E-state index contributed by atoms with van der Waals surface area (Å²) in [5, 5.41) is 3.59. The van der Waals surface area contributed by atoms with Crippen LogP contribution in [0.3, 0.4) is 0 Å². The highest BCUT2D eigenvalue weighted by Gasteiger charge is 2.34. The molecule has 2 aliphatic carbocycles. The SMILES string of the molecule is CCOC1CC(CC(NC)C2CCC(C)CC2)C1. The summed E-state index contributed by atoms with van der Waals surface area (Å²) in [6.07, 6.45) is 10.3. The van der Waals surface area contributed by atoms with Gasteiger partial charge < -0.3 is 10.1 Å². The number of rotatable bonds is 6. The van der Waals surface area contributed by atoms with Crippen LogP contribution in [0.1, 0.15) is 58.8 Å². The monoisotopic (exact) mass is 253 g/mol. The normalized spacial score (nSPS) is 38.2. The van der Waals surface area contributed by atoms with Crippen LogP contribution in [0.5, 0.6) is 0 Å². The molecule has 0 aromatic heterocycles. The largest absolute Gasteiger partial charge is 0.378 e. The zero-order valence-electron chi connectivity index (χ0n) is 12.5. The Kier molecular flexibility index (Phi) is 5.50. The van der Waals surface area contributed by atoms with Gasteiger partial charge >= 0.3 is 0 Å². The molecule has 2 fully saturated rings. The third-order valence-corrected chi connectivity index (χ3v) is 5.18. The van der Waals surface area contributed by atoms with Crippen LogP contribution in [-0.4, -0.2) is 25.8 Å². The summed E-state index contributed by atoms with van der Waals surface area (Å²) < 4.78 is 5.66. The first-order valence-electron chi connectivity index (χ1n) is 8.01. The summed E-state index contributed by atoms with van der Waals surface area (Å²) in [6, 6.07) is 0.755. The van der Waals surface area contributed by atoms with Crippen molar-refractivity contribution >= 4 is 0 Å². The first-order valence-corrected chi connectivity index (χ1v) is 8.01. The van der Waals surface area contributed by atoms with Gasteiger partial charge in [-0.05, 0) is 63.8 Å². The van der Waals surface area contributed by atoms with E-state index in [4.69, 9.17) is 4.74 Å². The van der Waals surface area contributed by atoms with Crippen LogP contribution in [0.4, 0.5) is 0 Å². The van der Waals surface area contributed by atoms with E-state index in [1.54, 1.807) is 0 Å². The lowest BCUT2D eigenvalue weighted by molar-refractivity contribution is -0.0312. The van der Waals surface area contributed by atoms with Gasteiger partial charge in [0.25, 0.3) is 0 Å². The topological polar surface area (TPSA) is 21.3 Å². The first-order chi connectivity index (χ1) is 8.72. The molecule has 1 N–H and O–H groups in total. The Bertz CT molecular complexity index is 229. The van der Waals surface area contributed by atoms with Crippen molar-refractivity contribution in [3.05, 3.63) is 0 Å². The van der Waals surface area contributed by atoms with Gasteiger partial charge in [0.2, 0.25) is 0 Å². The Hall–Kier alpha value is -0.0800. The second-order valence-corrected chi connectivity index (χ2v) is 6.57. The Labute approximate surface area is 113 Å². The highest BCUT2D eigenvalue weighted by atomic mass is 16.5. The maximum atomic E-state index is 5.66. The molecule has 0 amide bonds. The molecule has 0 radical (unpaired) electrons. The summed E-state index contributed by atoms with van der Waals surface area (Å²) in [7, 11) is 2.15. The summed E-state index contributed by atoms with van der Waals surface area (Å²) in [5.41, 5.74) is 0. The lowest BCUT2D eigenvalue weighted by Crippen LogP contribution is -2.41. The molecule has 0 spiro atoms. The van der Waals surface area contributed by atoms with E-state index >= 15 is 0 Å². The van der Waals surface area contributed by atoms with Gasteiger partial charge in [0.15, 0.2) is 0 Å². The maximum Gasteiger partial charge on any atom is 0.0580 e.